The SMILES string of the molecule is CN(C)CC1CCc2cc(O)ccc2N1. The van der Waals surface area contributed by atoms with Crippen molar-refractivity contribution in [3.63, 3.8) is 0 Å². The van der Waals surface area contributed by atoms with E-state index in [0.29, 0.717) is 11.8 Å². The molecule has 1 atom stereocenters. The number of hydrogen-bond acceptors (Lipinski definition) is 3. The maximum Gasteiger partial charge on any atom is 0.116 e. The van der Waals surface area contributed by atoms with Crippen LogP contribution in [-0.2, 0) is 6.42 Å². The van der Waals surface area contributed by atoms with Crippen LogP contribution in [0.15, 0.2) is 18.2 Å². The molecule has 2 rings (SSSR count). The van der Waals surface area contributed by atoms with Crippen LogP contribution in [0.3, 0.4) is 0 Å². The van der Waals surface area contributed by atoms with Gasteiger partial charge in [-0.05, 0) is 50.7 Å². The maximum absolute atomic E-state index is 9.36. The van der Waals surface area contributed by atoms with Crippen molar-refractivity contribution in [1.82, 2.24) is 4.90 Å². The minimum absolute atomic E-state index is 0.363. The quantitative estimate of drug-likeness (QED) is 0.723. The van der Waals surface area contributed by atoms with Crippen LogP contribution in [0.5, 0.6) is 5.75 Å². The highest BCUT2D eigenvalue weighted by molar-refractivity contribution is 5.56. The van der Waals surface area contributed by atoms with E-state index in [2.05, 4.69) is 24.3 Å². The van der Waals surface area contributed by atoms with E-state index in [0.717, 1.165) is 19.4 Å². The van der Waals surface area contributed by atoms with Crippen LogP contribution < -0.4 is 5.32 Å². The van der Waals surface area contributed by atoms with Gasteiger partial charge in [-0.15, -0.1) is 0 Å². The van der Waals surface area contributed by atoms with Gasteiger partial charge in [0.05, 0.1) is 0 Å². The number of fused-ring (bicyclic) bond motifs is 1. The normalized spacial score (nSPS) is 19.8. The smallest absolute Gasteiger partial charge is 0.116 e. The Morgan fingerprint density at radius 1 is 1.47 bits per heavy atom. The van der Waals surface area contributed by atoms with Gasteiger partial charge in [0.1, 0.15) is 5.75 Å². The number of nitrogens with one attached hydrogen (secondary N) is 1. The Morgan fingerprint density at radius 2 is 2.27 bits per heavy atom. The molecule has 0 bridgehead atoms. The number of aryl methyl sites for hydroxylation is 1. The van der Waals surface area contributed by atoms with E-state index in [1.165, 1.54) is 11.3 Å². The molecule has 0 aliphatic carbocycles. The van der Waals surface area contributed by atoms with Crippen LogP contribution in [0.2, 0.25) is 0 Å². The Kier molecular flexibility index (Phi) is 2.82. The fraction of sp³-hybridized carbons (Fsp3) is 0.500. The molecule has 1 aromatic rings. The van der Waals surface area contributed by atoms with Crippen LogP contribution in [0.4, 0.5) is 5.69 Å². The fourth-order valence-corrected chi connectivity index (χ4v) is 2.13. The first-order valence-corrected chi connectivity index (χ1v) is 5.38. The summed E-state index contributed by atoms with van der Waals surface area (Å²) >= 11 is 0. The first-order chi connectivity index (χ1) is 7.15. The van der Waals surface area contributed by atoms with Crippen molar-refractivity contribution in [2.45, 2.75) is 18.9 Å². The third kappa shape index (κ3) is 2.42. The Bertz CT molecular complexity index is 349. The molecule has 0 amide bonds. The molecule has 0 aromatic heterocycles. The summed E-state index contributed by atoms with van der Waals surface area (Å²) in [5.74, 6) is 0.363. The molecule has 82 valence electrons. The van der Waals surface area contributed by atoms with Crippen molar-refractivity contribution in [2.75, 3.05) is 26.0 Å². The summed E-state index contributed by atoms with van der Waals surface area (Å²) in [5, 5.41) is 12.9. The van der Waals surface area contributed by atoms with Gasteiger partial charge in [0.15, 0.2) is 0 Å². The van der Waals surface area contributed by atoms with Crippen molar-refractivity contribution < 1.29 is 5.11 Å². The van der Waals surface area contributed by atoms with Gasteiger partial charge in [-0.25, -0.2) is 0 Å². The molecule has 1 heterocycles. The van der Waals surface area contributed by atoms with Crippen LogP contribution >= 0.6 is 0 Å². The van der Waals surface area contributed by atoms with Crippen LogP contribution in [-0.4, -0.2) is 36.7 Å². The van der Waals surface area contributed by atoms with Gasteiger partial charge >= 0.3 is 0 Å². The highest BCUT2D eigenvalue weighted by atomic mass is 16.3. The monoisotopic (exact) mass is 206 g/mol. The fourth-order valence-electron chi connectivity index (χ4n) is 2.13. The zero-order valence-electron chi connectivity index (χ0n) is 9.33. The van der Waals surface area contributed by atoms with Crippen molar-refractivity contribution >= 4 is 5.69 Å². The molecule has 1 aliphatic rings. The highest BCUT2D eigenvalue weighted by Crippen LogP contribution is 2.27. The standard InChI is InChI=1S/C12H18N2O/c1-14(2)8-10-4-3-9-7-11(15)5-6-12(9)13-10/h5-7,10,13,15H,3-4,8H2,1-2H3. The van der Waals surface area contributed by atoms with Gasteiger partial charge in [0, 0.05) is 18.3 Å². The molecule has 1 aliphatic heterocycles. The van der Waals surface area contributed by atoms with E-state index in [4.69, 9.17) is 0 Å². The van der Waals surface area contributed by atoms with E-state index in [1.807, 2.05) is 12.1 Å². The molecular formula is C12H18N2O. The number of benzene rings is 1. The van der Waals surface area contributed by atoms with Crippen molar-refractivity contribution in [2.24, 2.45) is 0 Å². The van der Waals surface area contributed by atoms with E-state index < -0.39 is 0 Å². The minimum Gasteiger partial charge on any atom is -0.508 e. The highest BCUT2D eigenvalue weighted by Gasteiger charge is 2.17. The van der Waals surface area contributed by atoms with Crippen LogP contribution in [0, 0.1) is 0 Å². The maximum atomic E-state index is 9.36. The second kappa shape index (κ2) is 4.11. The first kappa shape index (κ1) is 10.3. The van der Waals surface area contributed by atoms with E-state index in [-0.39, 0.29) is 0 Å². The number of rotatable bonds is 2. The number of hydrogen-bond donors (Lipinski definition) is 2. The zero-order valence-corrected chi connectivity index (χ0v) is 9.33. The van der Waals surface area contributed by atoms with Gasteiger partial charge in [-0.3, -0.25) is 0 Å². The van der Waals surface area contributed by atoms with Gasteiger partial charge in [-0.2, -0.15) is 0 Å². The summed E-state index contributed by atoms with van der Waals surface area (Å²) in [7, 11) is 4.18. The second-order valence-electron chi connectivity index (χ2n) is 4.48. The average Bonchev–Trinajstić information content (AvgIpc) is 2.17. The molecule has 3 heteroatoms. The Labute approximate surface area is 90.7 Å². The van der Waals surface area contributed by atoms with Gasteiger partial charge < -0.3 is 15.3 Å². The van der Waals surface area contributed by atoms with E-state index in [9.17, 15) is 5.11 Å². The molecule has 0 saturated carbocycles. The Balaban J connectivity index is 2.10. The van der Waals surface area contributed by atoms with Crippen LogP contribution in [0.1, 0.15) is 12.0 Å². The lowest BCUT2D eigenvalue weighted by Crippen LogP contribution is -2.35. The molecule has 1 aromatic carbocycles. The Hall–Kier alpha value is -1.22. The number of likely N-dealkylation sites (N-methyl/N-ethyl adjacent to an activating group) is 1. The van der Waals surface area contributed by atoms with Gasteiger partial charge in [0.2, 0.25) is 0 Å². The number of aromatic hydroxyl groups is 1. The van der Waals surface area contributed by atoms with Crippen LogP contribution in [0.25, 0.3) is 0 Å². The average molecular weight is 206 g/mol. The second-order valence-corrected chi connectivity index (χ2v) is 4.48. The summed E-state index contributed by atoms with van der Waals surface area (Å²) in [6.07, 6.45) is 2.18. The molecular weight excluding hydrogens is 188 g/mol. The minimum atomic E-state index is 0.363. The third-order valence-corrected chi connectivity index (χ3v) is 2.80. The van der Waals surface area contributed by atoms with E-state index in [1.54, 1.807) is 6.07 Å². The largest absolute Gasteiger partial charge is 0.508 e. The lowest BCUT2D eigenvalue weighted by Gasteiger charge is -2.29. The predicted octanol–water partition coefficient (Wildman–Crippen LogP) is 1.68. The summed E-state index contributed by atoms with van der Waals surface area (Å²) < 4.78 is 0. The molecule has 0 saturated heterocycles. The molecule has 0 radical (unpaired) electrons. The van der Waals surface area contributed by atoms with Gasteiger partial charge in [-0.1, -0.05) is 0 Å². The number of anilines is 1. The lowest BCUT2D eigenvalue weighted by atomic mass is 9.97. The number of phenolic OH excluding ortho intramolecular Hbond substituents is 1. The summed E-state index contributed by atoms with van der Waals surface area (Å²) in [6.45, 7) is 1.06. The number of nitrogens with zero attached hydrogens (tertiary/aromatic N) is 1. The topological polar surface area (TPSA) is 35.5 Å². The molecule has 1 unspecified atom stereocenters. The number of phenols is 1. The van der Waals surface area contributed by atoms with Crippen molar-refractivity contribution in [3.05, 3.63) is 23.8 Å². The summed E-state index contributed by atoms with van der Waals surface area (Å²) in [5.41, 5.74) is 2.40. The van der Waals surface area contributed by atoms with E-state index >= 15 is 0 Å². The van der Waals surface area contributed by atoms with Gasteiger partial charge in [0.25, 0.3) is 0 Å². The molecule has 2 N–H and O–H groups in total. The molecule has 0 spiro atoms. The Morgan fingerprint density at radius 3 is 3.00 bits per heavy atom. The lowest BCUT2D eigenvalue weighted by molar-refractivity contribution is 0.371. The third-order valence-electron chi connectivity index (χ3n) is 2.80. The summed E-state index contributed by atoms with van der Waals surface area (Å²) in [4.78, 5) is 2.20. The van der Waals surface area contributed by atoms with Crippen molar-refractivity contribution in [3.8, 4) is 5.75 Å². The molecule has 3 nitrogen and oxygen atoms in total. The molecule has 0 fully saturated rings. The first-order valence-electron chi connectivity index (χ1n) is 5.38. The molecule has 15 heavy (non-hydrogen) atoms. The van der Waals surface area contributed by atoms with Crippen molar-refractivity contribution in [1.29, 1.82) is 0 Å². The summed E-state index contributed by atoms with van der Waals surface area (Å²) in [6, 6.07) is 6.09. The zero-order chi connectivity index (χ0) is 10.8. The predicted molar refractivity (Wildman–Crippen MR) is 62.4 cm³/mol.